The van der Waals surface area contributed by atoms with Crippen molar-refractivity contribution in [3.8, 4) is 11.5 Å². The van der Waals surface area contributed by atoms with Crippen molar-refractivity contribution in [3.63, 3.8) is 0 Å². The topological polar surface area (TPSA) is 67.4 Å². The Hall–Kier alpha value is -3.12. The van der Waals surface area contributed by atoms with E-state index >= 15 is 0 Å². The fourth-order valence-corrected chi connectivity index (χ4v) is 3.95. The largest absolute Gasteiger partial charge is 0.455 e. The molecule has 4 rings (SSSR count). The van der Waals surface area contributed by atoms with Crippen LogP contribution in [0.25, 0.3) is 0 Å². The average molecular weight is 407 g/mol. The van der Waals surface area contributed by atoms with Crippen molar-refractivity contribution in [2.45, 2.75) is 26.7 Å². The highest BCUT2D eigenvalue weighted by Gasteiger charge is 2.30. The summed E-state index contributed by atoms with van der Waals surface area (Å²) in [6.45, 7) is 3.87. The third-order valence-electron chi connectivity index (χ3n) is 4.67. The molecule has 1 saturated carbocycles. The molecule has 2 amide bonds. The molecule has 0 unspecified atom stereocenters. The Morgan fingerprint density at radius 2 is 1.79 bits per heavy atom. The van der Waals surface area contributed by atoms with Gasteiger partial charge in [-0.2, -0.15) is 0 Å². The van der Waals surface area contributed by atoms with Crippen molar-refractivity contribution in [3.05, 3.63) is 70.6 Å². The zero-order valence-electron chi connectivity index (χ0n) is 16.3. The van der Waals surface area contributed by atoms with Crippen LogP contribution in [0.5, 0.6) is 11.5 Å². The van der Waals surface area contributed by atoms with Gasteiger partial charge in [-0.05, 0) is 68.1 Å². The number of amides is 2. The van der Waals surface area contributed by atoms with E-state index in [1.165, 1.54) is 11.3 Å². The second kappa shape index (κ2) is 8.09. The Kier molecular flexibility index (Phi) is 5.36. The van der Waals surface area contributed by atoms with Crippen molar-refractivity contribution in [1.29, 1.82) is 0 Å². The van der Waals surface area contributed by atoms with E-state index in [2.05, 4.69) is 10.6 Å². The lowest BCUT2D eigenvalue weighted by Gasteiger charge is -2.12. The first kappa shape index (κ1) is 19.2. The lowest BCUT2D eigenvalue weighted by molar-refractivity contribution is -0.117. The zero-order chi connectivity index (χ0) is 20.4. The number of hydrogen-bond acceptors (Lipinski definition) is 4. The van der Waals surface area contributed by atoms with E-state index in [0.717, 1.165) is 24.0 Å². The van der Waals surface area contributed by atoms with Crippen LogP contribution in [0.15, 0.2) is 54.6 Å². The summed E-state index contributed by atoms with van der Waals surface area (Å²) < 4.78 is 5.98. The Balaban J connectivity index is 1.50. The molecule has 0 saturated heterocycles. The number of nitrogens with one attached hydrogen (secondary N) is 2. The molecule has 0 bridgehead atoms. The number of carbonyl (C=O) groups is 2. The molecule has 0 radical (unpaired) electrons. The van der Waals surface area contributed by atoms with Gasteiger partial charge in [0.2, 0.25) is 5.91 Å². The van der Waals surface area contributed by atoms with Crippen LogP contribution >= 0.6 is 11.3 Å². The molecular formula is C23H22N2O3S. The van der Waals surface area contributed by atoms with Crippen LogP contribution in [-0.2, 0) is 4.79 Å². The summed E-state index contributed by atoms with van der Waals surface area (Å²) >= 11 is 1.29. The number of ether oxygens (including phenoxy) is 1. The van der Waals surface area contributed by atoms with Crippen molar-refractivity contribution in [2.75, 3.05) is 10.6 Å². The van der Waals surface area contributed by atoms with Crippen LogP contribution < -0.4 is 15.4 Å². The maximum absolute atomic E-state index is 12.9. The first-order valence-corrected chi connectivity index (χ1v) is 10.4. The van der Waals surface area contributed by atoms with Crippen LogP contribution in [-0.4, -0.2) is 11.8 Å². The summed E-state index contributed by atoms with van der Waals surface area (Å²) in [7, 11) is 0. The fraction of sp³-hybridized carbons (Fsp3) is 0.217. The van der Waals surface area contributed by atoms with Crippen LogP contribution in [0.4, 0.5) is 10.7 Å². The van der Waals surface area contributed by atoms with Gasteiger partial charge in [0.05, 0.1) is 15.6 Å². The second-order valence-corrected chi connectivity index (χ2v) is 8.31. The fourth-order valence-electron chi connectivity index (χ4n) is 2.98. The molecule has 1 fully saturated rings. The summed E-state index contributed by atoms with van der Waals surface area (Å²) in [6.07, 6.45) is 1.89. The van der Waals surface area contributed by atoms with Crippen LogP contribution in [0.3, 0.4) is 0 Å². The van der Waals surface area contributed by atoms with E-state index < -0.39 is 0 Å². The Labute approximate surface area is 173 Å². The Morgan fingerprint density at radius 3 is 2.55 bits per heavy atom. The molecule has 5 nitrogen and oxygen atoms in total. The lowest BCUT2D eigenvalue weighted by Crippen LogP contribution is -2.12. The van der Waals surface area contributed by atoms with Gasteiger partial charge in [-0.15, -0.1) is 11.3 Å². The second-order valence-electron chi connectivity index (χ2n) is 7.26. The first-order valence-electron chi connectivity index (χ1n) is 9.56. The van der Waals surface area contributed by atoms with Gasteiger partial charge in [0.15, 0.2) is 5.75 Å². The molecule has 0 aliphatic heterocycles. The Morgan fingerprint density at radius 1 is 1.00 bits per heavy atom. The van der Waals surface area contributed by atoms with Crippen molar-refractivity contribution in [2.24, 2.45) is 5.92 Å². The van der Waals surface area contributed by atoms with E-state index in [1.807, 2.05) is 68.4 Å². The van der Waals surface area contributed by atoms with Gasteiger partial charge in [-0.3, -0.25) is 9.59 Å². The molecule has 1 heterocycles. The van der Waals surface area contributed by atoms with E-state index in [4.69, 9.17) is 4.74 Å². The van der Waals surface area contributed by atoms with E-state index in [0.29, 0.717) is 27.1 Å². The number of carbonyl (C=O) groups excluding carboxylic acids is 2. The van der Waals surface area contributed by atoms with E-state index in [-0.39, 0.29) is 17.7 Å². The molecule has 1 aliphatic carbocycles. The molecule has 1 aromatic heterocycles. The minimum absolute atomic E-state index is 0.0371. The summed E-state index contributed by atoms with van der Waals surface area (Å²) in [5.74, 6) is 1.22. The van der Waals surface area contributed by atoms with Gasteiger partial charge < -0.3 is 15.4 Å². The number of rotatable bonds is 6. The standard InChI is InChI=1S/C23H22N2O3S/c1-14-6-5-7-17(12-14)28-19-9-4-3-8-18(19)24-23(27)21-15(2)13-20(29-21)25-22(26)16-10-11-16/h3-9,12-13,16H,10-11H2,1-2H3,(H,24,27)(H,25,26). The molecule has 148 valence electrons. The molecule has 1 aliphatic rings. The number of aryl methyl sites for hydroxylation is 2. The van der Waals surface area contributed by atoms with Crippen molar-refractivity contribution < 1.29 is 14.3 Å². The number of anilines is 2. The number of benzene rings is 2. The summed E-state index contributed by atoms with van der Waals surface area (Å²) in [6, 6.07) is 16.9. The van der Waals surface area contributed by atoms with Crippen LogP contribution in [0.2, 0.25) is 0 Å². The molecule has 3 aromatic rings. The predicted octanol–water partition coefficient (Wildman–Crippen LogP) is 5.76. The highest BCUT2D eigenvalue weighted by atomic mass is 32.1. The average Bonchev–Trinajstić information content (AvgIpc) is 3.47. The number of hydrogen-bond donors (Lipinski definition) is 2. The molecular weight excluding hydrogens is 384 g/mol. The van der Waals surface area contributed by atoms with Gasteiger partial charge in [0.1, 0.15) is 5.75 Å². The minimum Gasteiger partial charge on any atom is -0.455 e. The highest BCUT2D eigenvalue weighted by molar-refractivity contribution is 7.18. The van der Waals surface area contributed by atoms with Crippen molar-refractivity contribution in [1.82, 2.24) is 0 Å². The molecule has 2 N–H and O–H groups in total. The third-order valence-corrected chi connectivity index (χ3v) is 5.82. The molecule has 2 aromatic carbocycles. The number of thiophene rings is 1. The monoisotopic (exact) mass is 406 g/mol. The quantitative estimate of drug-likeness (QED) is 0.547. The third kappa shape index (κ3) is 4.66. The highest BCUT2D eigenvalue weighted by Crippen LogP contribution is 2.34. The minimum atomic E-state index is -0.222. The maximum Gasteiger partial charge on any atom is 0.266 e. The SMILES string of the molecule is Cc1cccc(Oc2ccccc2NC(=O)c2sc(NC(=O)C3CC3)cc2C)c1. The zero-order valence-corrected chi connectivity index (χ0v) is 17.1. The summed E-state index contributed by atoms with van der Waals surface area (Å²) in [5.41, 5.74) is 2.52. The van der Waals surface area contributed by atoms with Crippen LogP contribution in [0.1, 0.15) is 33.6 Å². The molecule has 0 spiro atoms. The first-order chi connectivity index (χ1) is 14.0. The molecule has 29 heavy (non-hydrogen) atoms. The van der Waals surface area contributed by atoms with Gasteiger partial charge >= 0.3 is 0 Å². The normalized spacial score (nSPS) is 13.0. The Bertz CT molecular complexity index is 1070. The van der Waals surface area contributed by atoms with E-state index in [9.17, 15) is 9.59 Å². The van der Waals surface area contributed by atoms with Gasteiger partial charge in [-0.1, -0.05) is 24.3 Å². The molecule has 0 atom stereocenters. The van der Waals surface area contributed by atoms with Crippen molar-refractivity contribution >= 4 is 33.8 Å². The number of para-hydroxylation sites is 2. The summed E-state index contributed by atoms with van der Waals surface area (Å²) in [4.78, 5) is 25.4. The lowest BCUT2D eigenvalue weighted by atomic mass is 10.2. The van der Waals surface area contributed by atoms with Gasteiger partial charge in [0, 0.05) is 5.92 Å². The van der Waals surface area contributed by atoms with Gasteiger partial charge in [-0.25, -0.2) is 0 Å². The smallest absolute Gasteiger partial charge is 0.266 e. The predicted molar refractivity (Wildman–Crippen MR) is 116 cm³/mol. The van der Waals surface area contributed by atoms with Crippen LogP contribution in [0, 0.1) is 19.8 Å². The summed E-state index contributed by atoms with van der Waals surface area (Å²) in [5, 5.41) is 6.55. The maximum atomic E-state index is 12.9. The molecule has 6 heteroatoms. The van der Waals surface area contributed by atoms with E-state index in [1.54, 1.807) is 0 Å². The van der Waals surface area contributed by atoms with Gasteiger partial charge in [0.25, 0.3) is 5.91 Å².